The SMILES string of the molecule is CCCn1nc2c(Cl)nc3ccccc3c2c1N. The van der Waals surface area contributed by atoms with Gasteiger partial charge in [0.15, 0.2) is 5.15 Å². The topological polar surface area (TPSA) is 56.7 Å². The van der Waals surface area contributed by atoms with E-state index in [4.69, 9.17) is 17.3 Å². The lowest BCUT2D eigenvalue weighted by molar-refractivity contribution is 0.617. The van der Waals surface area contributed by atoms with Gasteiger partial charge in [0.25, 0.3) is 0 Å². The molecule has 0 aliphatic carbocycles. The molecule has 0 unspecified atom stereocenters. The van der Waals surface area contributed by atoms with E-state index >= 15 is 0 Å². The van der Waals surface area contributed by atoms with Crippen LogP contribution in [0.3, 0.4) is 0 Å². The molecule has 0 aliphatic rings. The number of hydrogen-bond donors (Lipinski definition) is 1. The molecule has 0 radical (unpaired) electrons. The fraction of sp³-hybridized carbons (Fsp3) is 0.231. The minimum Gasteiger partial charge on any atom is -0.383 e. The number of halogens is 1. The van der Waals surface area contributed by atoms with Crippen molar-refractivity contribution in [3.63, 3.8) is 0 Å². The molecular weight excluding hydrogens is 248 g/mol. The highest BCUT2D eigenvalue weighted by Crippen LogP contribution is 2.32. The second-order valence-corrected chi connectivity index (χ2v) is 4.61. The summed E-state index contributed by atoms with van der Waals surface area (Å²) in [5, 5.41) is 6.76. The first kappa shape index (κ1) is 11.3. The number of pyridine rings is 1. The monoisotopic (exact) mass is 260 g/mol. The Kier molecular flexibility index (Phi) is 2.59. The van der Waals surface area contributed by atoms with E-state index in [-0.39, 0.29) is 0 Å². The van der Waals surface area contributed by atoms with Crippen LogP contribution in [0.2, 0.25) is 5.15 Å². The zero-order chi connectivity index (χ0) is 12.7. The van der Waals surface area contributed by atoms with Gasteiger partial charge in [0.05, 0.1) is 10.9 Å². The quantitative estimate of drug-likeness (QED) is 0.720. The van der Waals surface area contributed by atoms with Crippen molar-refractivity contribution in [2.24, 2.45) is 0 Å². The lowest BCUT2D eigenvalue weighted by Crippen LogP contribution is -2.03. The maximum absolute atomic E-state index is 6.18. The first-order chi connectivity index (χ1) is 8.72. The molecule has 5 heteroatoms. The smallest absolute Gasteiger partial charge is 0.157 e. The zero-order valence-corrected chi connectivity index (χ0v) is 10.8. The maximum Gasteiger partial charge on any atom is 0.157 e. The molecule has 0 saturated heterocycles. The van der Waals surface area contributed by atoms with E-state index in [1.165, 1.54) is 0 Å². The van der Waals surface area contributed by atoms with E-state index in [1.807, 2.05) is 24.3 Å². The van der Waals surface area contributed by atoms with Gasteiger partial charge in [0, 0.05) is 11.9 Å². The Labute approximate surface area is 109 Å². The van der Waals surface area contributed by atoms with Gasteiger partial charge in [-0.3, -0.25) is 0 Å². The Morgan fingerprint density at radius 1 is 1.33 bits per heavy atom. The molecular formula is C13H13ClN4. The molecule has 1 aromatic carbocycles. The van der Waals surface area contributed by atoms with Gasteiger partial charge < -0.3 is 5.73 Å². The van der Waals surface area contributed by atoms with Crippen molar-refractivity contribution in [3.05, 3.63) is 29.4 Å². The second kappa shape index (κ2) is 4.14. The number of nitrogens with zero attached hydrogens (tertiary/aromatic N) is 3. The highest BCUT2D eigenvalue weighted by atomic mass is 35.5. The minimum atomic E-state index is 0.408. The average Bonchev–Trinajstić information content (AvgIpc) is 2.69. The lowest BCUT2D eigenvalue weighted by atomic mass is 10.1. The summed E-state index contributed by atoms with van der Waals surface area (Å²) < 4.78 is 1.80. The van der Waals surface area contributed by atoms with Crippen molar-refractivity contribution < 1.29 is 0 Å². The summed E-state index contributed by atoms with van der Waals surface area (Å²) in [6.07, 6.45) is 0.973. The van der Waals surface area contributed by atoms with Gasteiger partial charge in [-0.2, -0.15) is 5.10 Å². The normalized spacial score (nSPS) is 11.4. The summed E-state index contributed by atoms with van der Waals surface area (Å²) in [6.45, 7) is 2.87. The Hall–Kier alpha value is -1.81. The Morgan fingerprint density at radius 2 is 2.11 bits per heavy atom. The van der Waals surface area contributed by atoms with Crippen LogP contribution in [0.1, 0.15) is 13.3 Å². The molecule has 0 aliphatic heterocycles. The predicted molar refractivity (Wildman–Crippen MR) is 74.7 cm³/mol. The maximum atomic E-state index is 6.18. The number of nitrogens with two attached hydrogens (primary N) is 1. The first-order valence-electron chi connectivity index (χ1n) is 5.92. The molecule has 0 saturated carbocycles. The number of rotatable bonds is 2. The van der Waals surface area contributed by atoms with Crippen molar-refractivity contribution in [2.45, 2.75) is 19.9 Å². The summed E-state index contributed by atoms with van der Waals surface area (Å²) >= 11 is 6.18. The molecule has 18 heavy (non-hydrogen) atoms. The molecule has 0 spiro atoms. The van der Waals surface area contributed by atoms with E-state index < -0.39 is 0 Å². The van der Waals surface area contributed by atoms with E-state index in [9.17, 15) is 0 Å². The first-order valence-corrected chi connectivity index (χ1v) is 6.30. The van der Waals surface area contributed by atoms with Crippen molar-refractivity contribution in [1.29, 1.82) is 0 Å². The van der Waals surface area contributed by atoms with Gasteiger partial charge in [-0.1, -0.05) is 36.7 Å². The predicted octanol–water partition coefficient (Wildman–Crippen LogP) is 3.23. The van der Waals surface area contributed by atoms with Gasteiger partial charge >= 0.3 is 0 Å². The van der Waals surface area contributed by atoms with Crippen molar-refractivity contribution in [1.82, 2.24) is 14.8 Å². The number of aromatic nitrogens is 3. The standard InChI is InChI=1S/C13H13ClN4/c1-2-7-18-13(15)10-8-5-3-4-6-9(8)16-12(14)11(10)17-18/h3-6H,2,7,15H2,1H3. The fourth-order valence-corrected chi connectivity index (χ4v) is 2.43. The number of aryl methyl sites for hydroxylation is 1. The van der Waals surface area contributed by atoms with E-state index in [2.05, 4.69) is 17.0 Å². The summed E-state index contributed by atoms with van der Waals surface area (Å²) in [6, 6.07) is 7.82. The molecule has 0 amide bonds. The molecule has 2 aromatic heterocycles. The van der Waals surface area contributed by atoms with Crippen LogP contribution < -0.4 is 5.73 Å². The Morgan fingerprint density at radius 3 is 2.89 bits per heavy atom. The highest BCUT2D eigenvalue weighted by Gasteiger charge is 2.15. The van der Waals surface area contributed by atoms with Crippen LogP contribution in [0.4, 0.5) is 5.82 Å². The van der Waals surface area contributed by atoms with Gasteiger partial charge in [0.2, 0.25) is 0 Å². The van der Waals surface area contributed by atoms with Crippen LogP contribution >= 0.6 is 11.6 Å². The second-order valence-electron chi connectivity index (χ2n) is 4.25. The third kappa shape index (κ3) is 1.53. The van der Waals surface area contributed by atoms with Crippen LogP contribution in [0.5, 0.6) is 0 Å². The molecule has 0 fully saturated rings. The van der Waals surface area contributed by atoms with Crippen LogP contribution in [-0.2, 0) is 6.54 Å². The summed E-state index contributed by atoms with van der Waals surface area (Å²) in [4.78, 5) is 4.35. The van der Waals surface area contributed by atoms with E-state index in [0.29, 0.717) is 16.5 Å². The van der Waals surface area contributed by atoms with Crippen molar-refractivity contribution in [3.8, 4) is 0 Å². The van der Waals surface area contributed by atoms with Crippen molar-refractivity contribution >= 4 is 39.2 Å². The third-order valence-corrected chi connectivity index (χ3v) is 3.28. The van der Waals surface area contributed by atoms with Crippen LogP contribution in [-0.4, -0.2) is 14.8 Å². The molecule has 3 rings (SSSR count). The molecule has 2 heterocycles. The number of hydrogen-bond acceptors (Lipinski definition) is 3. The molecule has 92 valence electrons. The number of nitrogen functional groups attached to an aromatic ring is 1. The number of benzene rings is 1. The van der Waals surface area contributed by atoms with Crippen molar-refractivity contribution in [2.75, 3.05) is 5.73 Å². The number of para-hydroxylation sites is 1. The van der Waals surface area contributed by atoms with Gasteiger partial charge in [-0.25, -0.2) is 9.67 Å². The van der Waals surface area contributed by atoms with E-state index in [1.54, 1.807) is 4.68 Å². The number of anilines is 1. The number of fused-ring (bicyclic) bond motifs is 3. The van der Waals surface area contributed by atoms with Crippen LogP contribution in [0, 0.1) is 0 Å². The fourth-order valence-electron chi connectivity index (χ4n) is 2.21. The molecule has 0 atom stereocenters. The summed E-state index contributed by atoms with van der Waals surface area (Å²) in [5.41, 5.74) is 7.70. The lowest BCUT2D eigenvalue weighted by Gasteiger charge is -2.01. The highest BCUT2D eigenvalue weighted by molar-refractivity contribution is 6.35. The minimum absolute atomic E-state index is 0.408. The Balaban J connectivity index is 2.47. The van der Waals surface area contributed by atoms with Gasteiger partial charge in [0.1, 0.15) is 11.3 Å². The largest absolute Gasteiger partial charge is 0.383 e. The van der Waals surface area contributed by atoms with Gasteiger partial charge in [-0.15, -0.1) is 0 Å². The average molecular weight is 261 g/mol. The van der Waals surface area contributed by atoms with E-state index in [0.717, 1.165) is 29.3 Å². The Bertz CT molecular complexity index is 733. The molecule has 3 aromatic rings. The summed E-state index contributed by atoms with van der Waals surface area (Å²) in [7, 11) is 0. The van der Waals surface area contributed by atoms with Crippen LogP contribution in [0.15, 0.2) is 24.3 Å². The summed E-state index contributed by atoms with van der Waals surface area (Å²) in [5.74, 6) is 0.660. The molecule has 0 bridgehead atoms. The van der Waals surface area contributed by atoms with Gasteiger partial charge in [-0.05, 0) is 12.5 Å². The zero-order valence-electron chi connectivity index (χ0n) is 10.0. The van der Waals surface area contributed by atoms with Crippen LogP contribution in [0.25, 0.3) is 21.8 Å². The molecule has 4 nitrogen and oxygen atoms in total. The molecule has 2 N–H and O–H groups in total. The third-order valence-electron chi connectivity index (χ3n) is 3.01.